The van der Waals surface area contributed by atoms with Gasteiger partial charge in [0.1, 0.15) is 0 Å². The van der Waals surface area contributed by atoms with E-state index in [0.717, 1.165) is 18.6 Å². The van der Waals surface area contributed by atoms with Crippen molar-refractivity contribution in [2.24, 2.45) is 11.3 Å². The molecule has 3 heteroatoms. The third-order valence-electron chi connectivity index (χ3n) is 3.48. The Morgan fingerprint density at radius 1 is 1.38 bits per heavy atom. The maximum absolute atomic E-state index is 12.9. The third-order valence-corrected chi connectivity index (χ3v) is 3.48. The zero-order chi connectivity index (χ0) is 11.9. The monoisotopic (exact) mass is 226 g/mol. The molecule has 0 spiro atoms. The lowest BCUT2D eigenvalue weighted by Crippen LogP contribution is -2.16. The largest absolute Gasteiger partial charge is 0.392 e. The maximum Gasteiger partial charge on any atom is 0.159 e. The van der Waals surface area contributed by atoms with E-state index in [0.29, 0.717) is 12.0 Å². The first-order valence-corrected chi connectivity index (χ1v) is 5.52. The molecule has 0 aliphatic heterocycles. The van der Waals surface area contributed by atoms with Gasteiger partial charge in [-0.2, -0.15) is 0 Å². The highest BCUT2D eigenvalue weighted by Gasteiger charge is 2.49. The lowest BCUT2D eigenvalue weighted by Gasteiger charge is -2.12. The quantitative estimate of drug-likeness (QED) is 0.840. The fraction of sp³-hybridized carbons (Fsp3) is 0.538. The van der Waals surface area contributed by atoms with Crippen LogP contribution in [0.1, 0.15) is 25.8 Å². The summed E-state index contributed by atoms with van der Waals surface area (Å²) < 4.78 is 25.6. The molecule has 1 aromatic rings. The van der Waals surface area contributed by atoms with Gasteiger partial charge in [0.15, 0.2) is 11.6 Å². The molecule has 0 saturated heterocycles. The number of aliphatic hydroxyl groups excluding tert-OH is 1. The summed E-state index contributed by atoms with van der Waals surface area (Å²) in [4.78, 5) is 0. The molecule has 0 radical (unpaired) electrons. The number of halogens is 2. The van der Waals surface area contributed by atoms with Crippen molar-refractivity contribution in [3.05, 3.63) is 35.4 Å². The Bertz CT molecular complexity index is 401. The molecular weight excluding hydrogens is 210 g/mol. The molecule has 1 nitrogen and oxygen atoms in total. The highest BCUT2D eigenvalue weighted by atomic mass is 19.2. The molecule has 2 atom stereocenters. The van der Waals surface area contributed by atoms with Gasteiger partial charge in [-0.25, -0.2) is 8.78 Å². The standard InChI is InChI=1S/C13H16F2O/c1-13(2)7-9(13)12(16)6-8-3-4-10(14)11(15)5-8/h3-5,9,12,16H,6-7H2,1-2H3. The molecule has 1 N–H and O–H groups in total. The molecule has 1 aliphatic rings. The molecule has 2 unspecified atom stereocenters. The summed E-state index contributed by atoms with van der Waals surface area (Å²) in [5.74, 6) is -1.41. The van der Waals surface area contributed by atoms with Gasteiger partial charge in [-0.15, -0.1) is 0 Å². The van der Waals surface area contributed by atoms with Crippen LogP contribution < -0.4 is 0 Å². The first kappa shape index (κ1) is 11.5. The molecule has 1 aliphatic carbocycles. The van der Waals surface area contributed by atoms with Crippen LogP contribution in [0.25, 0.3) is 0 Å². The fourth-order valence-electron chi connectivity index (χ4n) is 2.22. The molecule has 0 heterocycles. The van der Waals surface area contributed by atoms with E-state index in [4.69, 9.17) is 0 Å². The van der Waals surface area contributed by atoms with E-state index in [1.54, 1.807) is 0 Å². The van der Waals surface area contributed by atoms with Crippen LogP contribution in [0.3, 0.4) is 0 Å². The average molecular weight is 226 g/mol. The Kier molecular flexibility index (Phi) is 2.74. The van der Waals surface area contributed by atoms with Gasteiger partial charge >= 0.3 is 0 Å². The van der Waals surface area contributed by atoms with Gasteiger partial charge in [0.2, 0.25) is 0 Å². The number of hydrogen-bond donors (Lipinski definition) is 1. The topological polar surface area (TPSA) is 20.2 Å². The minimum absolute atomic E-state index is 0.192. The van der Waals surface area contributed by atoms with Crippen molar-refractivity contribution >= 4 is 0 Å². The minimum Gasteiger partial charge on any atom is -0.392 e. The van der Waals surface area contributed by atoms with E-state index >= 15 is 0 Å². The summed E-state index contributed by atoms with van der Waals surface area (Å²) in [7, 11) is 0. The lowest BCUT2D eigenvalue weighted by molar-refractivity contribution is 0.137. The van der Waals surface area contributed by atoms with Crippen molar-refractivity contribution < 1.29 is 13.9 Å². The molecular formula is C13H16F2O. The van der Waals surface area contributed by atoms with E-state index in [1.165, 1.54) is 6.07 Å². The first-order chi connectivity index (χ1) is 7.40. The summed E-state index contributed by atoms with van der Waals surface area (Å²) >= 11 is 0. The van der Waals surface area contributed by atoms with Crippen LogP contribution in [0.15, 0.2) is 18.2 Å². The normalized spacial score (nSPS) is 24.2. The Morgan fingerprint density at radius 3 is 2.50 bits per heavy atom. The van der Waals surface area contributed by atoms with Crippen LogP contribution in [-0.2, 0) is 6.42 Å². The molecule has 1 aromatic carbocycles. The van der Waals surface area contributed by atoms with E-state index in [-0.39, 0.29) is 11.3 Å². The summed E-state index contributed by atoms with van der Waals surface area (Å²) in [6.45, 7) is 4.21. The molecule has 1 saturated carbocycles. The van der Waals surface area contributed by atoms with Crippen LogP contribution in [-0.4, -0.2) is 11.2 Å². The average Bonchev–Trinajstić information content (AvgIpc) is 2.82. The van der Waals surface area contributed by atoms with Crippen molar-refractivity contribution in [2.45, 2.75) is 32.8 Å². The highest BCUT2D eigenvalue weighted by Crippen LogP contribution is 2.53. The van der Waals surface area contributed by atoms with Crippen molar-refractivity contribution in [1.82, 2.24) is 0 Å². The number of hydrogen-bond acceptors (Lipinski definition) is 1. The highest BCUT2D eigenvalue weighted by molar-refractivity contribution is 5.19. The molecule has 1 fully saturated rings. The Balaban J connectivity index is 2.02. The fourth-order valence-corrected chi connectivity index (χ4v) is 2.22. The summed E-state index contributed by atoms with van der Waals surface area (Å²) in [6.07, 6.45) is 0.934. The van der Waals surface area contributed by atoms with E-state index in [1.807, 2.05) is 0 Å². The SMILES string of the molecule is CC1(C)CC1C(O)Cc1ccc(F)c(F)c1. The molecule has 88 valence electrons. The summed E-state index contributed by atoms with van der Waals surface area (Å²) in [5, 5.41) is 9.92. The summed E-state index contributed by atoms with van der Waals surface area (Å²) in [6, 6.07) is 3.79. The molecule has 0 aromatic heterocycles. The number of rotatable bonds is 3. The lowest BCUT2D eigenvalue weighted by atomic mass is 10.00. The Morgan fingerprint density at radius 2 is 2.00 bits per heavy atom. The number of benzene rings is 1. The zero-order valence-corrected chi connectivity index (χ0v) is 9.50. The van der Waals surface area contributed by atoms with Crippen LogP contribution in [0.5, 0.6) is 0 Å². The van der Waals surface area contributed by atoms with E-state index in [2.05, 4.69) is 13.8 Å². The van der Waals surface area contributed by atoms with Crippen LogP contribution >= 0.6 is 0 Å². The van der Waals surface area contributed by atoms with Gasteiger partial charge in [-0.3, -0.25) is 0 Å². The van der Waals surface area contributed by atoms with Gasteiger partial charge in [0, 0.05) is 0 Å². The van der Waals surface area contributed by atoms with Crippen LogP contribution in [0.2, 0.25) is 0 Å². The van der Waals surface area contributed by atoms with Crippen LogP contribution in [0.4, 0.5) is 8.78 Å². The Labute approximate surface area is 94.1 Å². The third kappa shape index (κ3) is 2.24. The maximum atomic E-state index is 12.9. The minimum atomic E-state index is -0.847. The van der Waals surface area contributed by atoms with Crippen molar-refractivity contribution in [2.75, 3.05) is 0 Å². The van der Waals surface area contributed by atoms with Crippen LogP contribution in [0, 0.1) is 23.0 Å². The second-order valence-electron chi connectivity index (χ2n) is 5.32. The van der Waals surface area contributed by atoms with Gasteiger partial charge in [0.05, 0.1) is 6.10 Å². The Hall–Kier alpha value is -0.960. The second kappa shape index (κ2) is 3.81. The van der Waals surface area contributed by atoms with Gasteiger partial charge in [0.25, 0.3) is 0 Å². The predicted octanol–water partition coefficient (Wildman–Crippen LogP) is 2.91. The van der Waals surface area contributed by atoms with Gasteiger partial charge < -0.3 is 5.11 Å². The predicted molar refractivity (Wildman–Crippen MR) is 58.0 cm³/mol. The first-order valence-electron chi connectivity index (χ1n) is 5.52. The molecule has 0 amide bonds. The molecule has 0 bridgehead atoms. The van der Waals surface area contributed by atoms with Crippen molar-refractivity contribution in [1.29, 1.82) is 0 Å². The van der Waals surface area contributed by atoms with Gasteiger partial charge in [-0.05, 0) is 41.9 Å². The van der Waals surface area contributed by atoms with E-state index in [9.17, 15) is 13.9 Å². The smallest absolute Gasteiger partial charge is 0.159 e. The molecule has 2 rings (SSSR count). The summed E-state index contributed by atoms with van der Waals surface area (Å²) in [5.41, 5.74) is 0.840. The van der Waals surface area contributed by atoms with E-state index < -0.39 is 17.7 Å². The second-order valence-corrected chi connectivity index (χ2v) is 5.32. The van der Waals surface area contributed by atoms with Crippen molar-refractivity contribution in [3.63, 3.8) is 0 Å². The zero-order valence-electron chi connectivity index (χ0n) is 9.50. The van der Waals surface area contributed by atoms with Crippen molar-refractivity contribution in [3.8, 4) is 0 Å². The molecule has 16 heavy (non-hydrogen) atoms. The number of aliphatic hydroxyl groups is 1. The van der Waals surface area contributed by atoms with Gasteiger partial charge in [-0.1, -0.05) is 19.9 Å².